The number of aliphatic carboxylic acids is 1. The van der Waals surface area contributed by atoms with Gasteiger partial charge in [-0.2, -0.15) is 13.2 Å². The van der Waals surface area contributed by atoms with Gasteiger partial charge in [-0.15, -0.1) is 0 Å². The van der Waals surface area contributed by atoms with Gasteiger partial charge in [0.15, 0.2) is 0 Å². The van der Waals surface area contributed by atoms with Crippen molar-refractivity contribution in [1.82, 2.24) is 5.32 Å². The number of nitrogens with one attached hydrogen (secondary N) is 1. The summed E-state index contributed by atoms with van der Waals surface area (Å²) in [6, 6.07) is 1.22. The molecular weight excluding hydrogens is 351 g/mol. The zero-order valence-corrected chi connectivity index (χ0v) is 14.0. The van der Waals surface area contributed by atoms with Gasteiger partial charge in [-0.05, 0) is 44.5 Å². The largest absolute Gasteiger partial charge is 0.481 e. The fourth-order valence-electron chi connectivity index (χ4n) is 1.85. The maximum atomic E-state index is 12.8. The highest BCUT2D eigenvalue weighted by Crippen LogP contribution is 2.34. The smallest absolute Gasteiger partial charge is 0.416 e. The summed E-state index contributed by atoms with van der Waals surface area (Å²) in [6.07, 6.45) is -6.23. The van der Waals surface area contributed by atoms with Crippen LogP contribution in [0.1, 0.15) is 44.4 Å². The Morgan fingerprint density at radius 1 is 1.29 bits per heavy atom. The minimum absolute atomic E-state index is 0.0923. The molecule has 24 heavy (non-hydrogen) atoms. The molecule has 0 heterocycles. The zero-order chi connectivity index (χ0) is 18.7. The summed E-state index contributed by atoms with van der Waals surface area (Å²) in [5, 5.41) is 11.1. The van der Waals surface area contributed by atoms with Crippen LogP contribution in [0.4, 0.5) is 18.0 Å². The Morgan fingerprint density at radius 2 is 1.88 bits per heavy atom. The third kappa shape index (κ3) is 6.27. The van der Waals surface area contributed by atoms with E-state index in [2.05, 4.69) is 5.32 Å². The average Bonchev–Trinajstić information content (AvgIpc) is 2.34. The Hall–Kier alpha value is -1.96. The van der Waals surface area contributed by atoms with Crippen LogP contribution in [0.3, 0.4) is 0 Å². The SMILES string of the molecule is CC(C)(C)OC(=O)NC(CC(=O)O)c1cc(C(F)(F)F)ccc1Cl. The molecule has 0 aliphatic heterocycles. The van der Waals surface area contributed by atoms with Crippen molar-refractivity contribution in [3.05, 3.63) is 34.3 Å². The molecule has 0 radical (unpaired) electrons. The van der Waals surface area contributed by atoms with Gasteiger partial charge in [0, 0.05) is 5.02 Å². The summed E-state index contributed by atoms with van der Waals surface area (Å²) in [5.41, 5.74) is -2.00. The molecule has 9 heteroatoms. The molecule has 0 aliphatic carbocycles. The standard InChI is InChI=1S/C15H17ClF3NO4/c1-14(2,3)24-13(23)20-11(7-12(21)22)9-6-8(15(17,18)19)4-5-10(9)16/h4-6,11H,7H2,1-3H3,(H,20,23)(H,21,22). The second-order valence-electron chi connectivity index (χ2n) is 6.03. The lowest BCUT2D eigenvalue weighted by Gasteiger charge is -2.24. The molecule has 0 saturated heterocycles. The number of carbonyl (C=O) groups is 2. The van der Waals surface area contributed by atoms with Gasteiger partial charge in [0.05, 0.1) is 18.0 Å². The van der Waals surface area contributed by atoms with Crippen LogP contribution in [0.2, 0.25) is 5.02 Å². The number of alkyl carbamates (subject to hydrolysis) is 1. The monoisotopic (exact) mass is 367 g/mol. The third-order valence-electron chi connectivity index (χ3n) is 2.77. The van der Waals surface area contributed by atoms with E-state index in [-0.39, 0.29) is 10.6 Å². The van der Waals surface area contributed by atoms with E-state index in [4.69, 9.17) is 21.4 Å². The number of carboxylic acids is 1. The number of alkyl halides is 3. The molecule has 1 unspecified atom stereocenters. The summed E-state index contributed by atoms with van der Waals surface area (Å²) in [5.74, 6) is -1.32. The second kappa shape index (κ2) is 7.29. The van der Waals surface area contributed by atoms with Crippen LogP contribution >= 0.6 is 11.6 Å². The lowest BCUT2D eigenvalue weighted by molar-refractivity contribution is -0.138. The summed E-state index contributed by atoms with van der Waals surface area (Å²) in [4.78, 5) is 22.8. The lowest BCUT2D eigenvalue weighted by atomic mass is 10.0. The van der Waals surface area contributed by atoms with E-state index in [9.17, 15) is 22.8 Å². The van der Waals surface area contributed by atoms with E-state index in [1.165, 1.54) is 0 Å². The highest BCUT2D eigenvalue weighted by molar-refractivity contribution is 6.31. The van der Waals surface area contributed by atoms with Crippen molar-refractivity contribution in [2.45, 2.75) is 45.0 Å². The van der Waals surface area contributed by atoms with Crippen molar-refractivity contribution in [2.75, 3.05) is 0 Å². The van der Waals surface area contributed by atoms with Gasteiger partial charge in [-0.1, -0.05) is 11.6 Å². The number of carbonyl (C=O) groups excluding carboxylic acids is 1. The van der Waals surface area contributed by atoms with Crippen molar-refractivity contribution >= 4 is 23.7 Å². The maximum absolute atomic E-state index is 12.8. The average molecular weight is 368 g/mol. The van der Waals surface area contributed by atoms with Crippen LogP contribution < -0.4 is 5.32 Å². The van der Waals surface area contributed by atoms with E-state index in [1.807, 2.05) is 0 Å². The van der Waals surface area contributed by atoms with Crippen molar-refractivity contribution in [1.29, 1.82) is 0 Å². The number of hydrogen-bond acceptors (Lipinski definition) is 3. The van der Waals surface area contributed by atoms with Crippen molar-refractivity contribution in [3.63, 3.8) is 0 Å². The first-order valence-electron chi connectivity index (χ1n) is 6.87. The van der Waals surface area contributed by atoms with Crippen LogP contribution in [0.5, 0.6) is 0 Å². The topological polar surface area (TPSA) is 75.6 Å². The van der Waals surface area contributed by atoms with Gasteiger partial charge in [0.25, 0.3) is 0 Å². The van der Waals surface area contributed by atoms with Gasteiger partial charge in [0.2, 0.25) is 0 Å². The molecule has 0 aromatic heterocycles. The van der Waals surface area contributed by atoms with Gasteiger partial charge >= 0.3 is 18.2 Å². The molecule has 5 nitrogen and oxygen atoms in total. The molecule has 0 bridgehead atoms. The Bertz CT molecular complexity index is 626. The summed E-state index contributed by atoms with van der Waals surface area (Å²) in [6.45, 7) is 4.78. The third-order valence-corrected chi connectivity index (χ3v) is 3.11. The summed E-state index contributed by atoms with van der Waals surface area (Å²) >= 11 is 5.89. The Morgan fingerprint density at radius 3 is 2.33 bits per heavy atom. The molecule has 1 aromatic carbocycles. The molecule has 1 amide bonds. The number of rotatable bonds is 4. The molecule has 1 atom stereocenters. The Balaban J connectivity index is 3.16. The minimum atomic E-state index is -4.63. The van der Waals surface area contributed by atoms with Gasteiger partial charge in [0.1, 0.15) is 5.60 Å². The van der Waals surface area contributed by atoms with Crippen molar-refractivity contribution < 1.29 is 32.6 Å². The fraction of sp³-hybridized carbons (Fsp3) is 0.467. The van der Waals surface area contributed by atoms with Gasteiger partial charge < -0.3 is 15.2 Å². The number of halogens is 4. The number of benzene rings is 1. The summed E-state index contributed by atoms with van der Waals surface area (Å²) in [7, 11) is 0. The van der Waals surface area contributed by atoms with Crippen LogP contribution in [0, 0.1) is 0 Å². The molecule has 1 aromatic rings. The highest BCUT2D eigenvalue weighted by Gasteiger charge is 2.32. The van der Waals surface area contributed by atoms with Crippen LogP contribution in [-0.2, 0) is 15.7 Å². The Labute approximate surface area is 141 Å². The Kier molecular flexibility index (Phi) is 6.10. The van der Waals surface area contributed by atoms with Gasteiger partial charge in [-0.3, -0.25) is 4.79 Å². The highest BCUT2D eigenvalue weighted by atomic mass is 35.5. The maximum Gasteiger partial charge on any atom is 0.416 e. The predicted octanol–water partition coefficient (Wildman–Crippen LogP) is 4.40. The first-order valence-corrected chi connectivity index (χ1v) is 7.25. The minimum Gasteiger partial charge on any atom is -0.481 e. The van der Waals surface area contributed by atoms with E-state index in [0.29, 0.717) is 6.07 Å². The van der Waals surface area contributed by atoms with E-state index in [1.54, 1.807) is 20.8 Å². The number of amides is 1. The molecular formula is C15H17ClF3NO4. The first-order chi connectivity index (χ1) is 10.8. The van der Waals surface area contributed by atoms with Crippen LogP contribution in [0.15, 0.2) is 18.2 Å². The quantitative estimate of drug-likeness (QED) is 0.827. The molecule has 0 fully saturated rings. The predicted molar refractivity (Wildman–Crippen MR) is 80.8 cm³/mol. The lowest BCUT2D eigenvalue weighted by Crippen LogP contribution is -2.36. The zero-order valence-electron chi connectivity index (χ0n) is 13.2. The van der Waals surface area contributed by atoms with Crippen LogP contribution in [-0.4, -0.2) is 22.8 Å². The molecule has 1 rings (SSSR count). The molecule has 2 N–H and O–H groups in total. The van der Waals surface area contributed by atoms with Crippen LogP contribution in [0.25, 0.3) is 0 Å². The summed E-state index contributed by atoms with van der Waals surface area (Å²) < 4.78 is 43.5. The van der Waals surface area contributed by atoms with E-state index in [0.717, 1.165) is 12.1 Å². The molecule has 0 saturated carbocycles. The molecule has 134 valence electrons. The normalized spacial score (nSPS) is 13.3. The molecule has 0 aliphatic rings. The number of carboxylic acid groups (broad SMARTS) is 1. The van der Waals surface area contributed by atoms with Crippen molar-refractivity contribution in [3.8, 4) is 0 Å². The first kappa shape index (κ1) is 20.1. The van der Waals surface area contributed by atoms with E-state index < -0.39 is 41.9 Å². The fourth-order valence-corrected chi connectivity index (χ4v) is 2.10. The van der Waals surface area contributed by atoms with E-state index >= 15 is 0 Å². The molecule has 0 spiro atoms. The number of ether oxygens (including phenoxy) is 1. The number of hydrogen-bond donors (Lipinski definition) is 2. The van der Waals surface area contributed by atoms with Crippen molar-refractivity contribution in [2.24, 2.45) is 0 Å². The van der Waals surface area contributed by atoms with Gasteiger partial charge in [-0.25, -0.2) is 4.79 Å². The second-order valence-corrected chi connectivity index (χ2v) is 6.44.